The van der Waals surface area contributed by atoms with Crippen LogP contribution in [-0.4, -0.2) is 27.1 Å². The van der Waals surface area contributed by atoms with Gasteiger partial charge < -0.3 is 0 Å². The van der Waals surface area contributed by atoms with Gasteiger partial charge in [0.25, 0.3) is 15.9 Å². The molecule has 0 saturated carbocycles. The first kappa shape index (κ1) is 23.3. The molecular formula is C22H16Cl2N4O3S. The number of sulfonamides is 1. The van der Waals surface area contributed by atoms with E-state index in [4.69, 9.17) is 28.5 Å². The molecule has 3 aromatic carbocycles. The molecule has 0 unspecified atom stereocenters. The van der Waals surface area contributed by atoms with E-state index in [1.54, 1.807) is 42.5 Å². The third-order valence-electron chi connectivity index (χ3n) is 4.25. The van der Waals surface area contributed by atoms with E-state index in [1.165, 1.54) is 36.5 Å². The minimum absolute atomic E-state index is 0.0138. The van der Waals surface area contributed by atoms with Gasteiger partial charge in [-0.15, -0.1) is 0 Å². The lowest BCUT2D eigenvalue weighted by Gasteiger charge is -2.24. The molecule has 0 bridgehead atoms. The molecule has 0 aliphatic rings. The molecule has 0 aliphatic carbocycles. The second-order valence-corrected chi connectivity index (χ2v) is 9.13. The predicted molar refractivity (Wildman–Crippen MR) is 124 cm³/mol. The first-order valence-corrected chi connectivity index (χ1v) is 11.4. The van der Waals surface area contributed by atoms with Gasteiger partial charge in [0.05, 0.1) is 38.5 Å². The molecule has 0 fully saturated rings. The van der Waals surface area contributed by atoms with Gasteiger partial charge in [0.15, 0.2) is 0 Å². The van der Waals surface area contributed by atoms with Crippen LogP contribution < -0.4 is 9.73 Å². The van der Waals surface area contributed by atoms with Crippen LogP contribution in [0.5, 0.6) is 0 Å². The van der Waals surface area contributed by atoms with Crippen LogP contribution in [0.15, 0.2) is 82.8 Å². The number of nitrogens with one attached hydrogen (secondary N) is 1. The topological polar surface area (TPSA) is 103 Å². The van der Waals surface area contributed by atoms with E-state index in [-0.39, 0.29) is 20.6 Å². The molecule has 0 saturated heterocycles. The molecule has 3 rings (SSSR count). The molecule has 3 aromatic rings. The summed E-state index contributed by atoms with van der Waals surface area (Å²) in [6, 6.07) is 20.6. The Labute approximate surface area is 195 Å². The van der Waals surface area contributed by atoms with Crippen LogP contribution in [-0.2, 0) is 14.8 Å². The van der Waals surface area contributed by atoms with Crippen molar-refractivity contribution in [3.63, 3.8) is 0 Å². The summed E-state index contributed by atoms with van der Waals surface area (Å²) in [5, 5.41) is 13.1. The largest absolute Gasteiger partial charge is 0.271 e. The van der Waals surface area contributed by atoms with Crippen LogP contribution in [0.25, 0.3) is 0 Å². The lowest BCUT2D eigenvalue weighted by atomic mass is 10.2. The number of amides is 1. The highest BCUT2D eigenvalue weighted by Gasteiger charge is 2.27. The summed E-state index contributed by atoms with van der Waals surface area (Å²) in [4.78, 5) is 12.5. The Morgan fingerprint density at radius 2 is 1.72 bits per heavy atom. The zero-order valence-corrected chi connectivity index (χ0v) is 18.8. The van der Waals surface area contributed by atoms with Crippen molar-refractivity contribution in [1.82, 2.24) is 5.43 Å². The molecule has 32 heavy (non-hydrogen) atoms. The van der Waals surface area contributed by atoms with Crippen LogP contribution in [0, 0.1) is 11.3 Å². The lowest BCUT2D eigenvalue weighted by molar-refractivity contribution is -0.119. The lowest BCUT2D eigenvalue weighted by Crippen LogP contribution is -2.39. The van der Waals surface area contributed by atoms with Crippen molar-refractivity contribution >= 4 is 51.0 Å². The van der Waals surface area contributed by atoms with E-state index in [1.807, 2.05) is 6.07 Å². The van der Waals surface area contributed by atoms with Crippen LogP contribution in [0.3, 0.4) is 0 Å². The number of rotatable bonds is 7. The third-order valence-corrected chi connectivity index (χ3v) is 6.78. The molecule has 0 aromatic heterocycles. The minimum atomic E-state index is -4.08. The zero-order chi connectivity index (χ0) is 23.1. The van der Waals surface area contributed by atoms with Crippen molar-refractivity contribution in [2.24, 2.45) is 5.10 Å². The van der Waals surface area contributed by atoms with Gasteiger partial charge in [0, 0.05) is 0 Å². The van der Waals surface area contributed by atoms with Crippen LogP contribution in [0.2, 0.25) is 10.0 Å². The summed E-state index contributed by atoms with van der Waals surface area (Å²) < 4.78 is 27.4. The van der Waals surface area contributed by atoms with Gasteiger partial charge in [-0.05, 0) is 48.0 Å². The van der Waals surface area contributed by atoms with Crippen molar-refractivity contribution in [2.75, 3.05) is 10.8 Å². The number of hydrazone groups is 1. The minimum Gasteiger partial charge on any atom is -0.271 e. The van der Waals surface area contributed by atoms with E-state index in [2.05, 4.69) is 10.5 Å². The number of halogens is 2. The zero-order valence-electron chi connectivity index (χ0n) is 16.4. The molecule has 0 aliphatic heterocycles. The Hall–Kier alpha value is -3.38. The Bertz CT molecular complexity index is 1290. The van der Waals surface area contributed by atoms with Gasteiger partial charge >= 0.3 is 0 Å². The van der Waals surface area contributed by atoms with Crippen molar-refractivity contribution in [2.45, 2.75) is 4.90 Å². The highest BCUT2D eigenvalue weighted by Crippen LogP contribution is 2.30. The van der Waals surface area contributed by atoms with Crippen molar-refractivity contribution in [3.8, 4) is 6.07 Å². The molecule has 0 radical (unpaired) electrons. The molecule has 7 nitrogen and oxygen atoms in total. The highest BCUT2D eigenvalue weighted by molar-refractivity contribution is 7.92. The van der Waals surface area contributed by atoms with E-state index < -0.39 is 22.5 Å². The van der Waals surface area contributed by atoms with E-state index in [0.717, 1.165) is 4.31 Å². The Morgan fingerprint density at radius 1 is 1.03 bits per heavy atom. The normalized spacial score (nSPS) is 11.2. The number of carbonyl (C=O) groups excluding carboxylic acids is 1. The molecule has 1 amide bonds. The van der Waals surface area contributed by atoms with Crippen LogP contribution in [0.1, 0.15) is 11.1 Å². The van der Waals surface area contributed by atoms with Crippen molar-refractivity contribution < 1.29 is 13.2 Å². The second kappa shape index (κ2) is 10.3. The molecule has 1 N–H and O–H groups in total. The first-order chi connectivity index (χ1) is 15.3. The van der Waals surface area contributed by atoms with Crippen LogP contribution >= 0.6 is 23.2 Å². The SMILES string of the molecule is N#Cc1ccc(C=NNC(=O)CN(c2ccc(Cl)c(Cl)c2)S(=O)(=O)c2ccccc2)cc1. The van der Waals surface area contributed by atoms with Crippen LogP contribution in [0.4, 0.5) is 5.69 Å². The average Bonchev–Trinajstić information content (AvgIpc) is 2.80. The molecular weight excluding hydrogens is 471 g/mol. The number of nitrogens with zero attached hydrogens (tertiary/aromatic N) is 3. The molecule has 0 heterocycles. The maximum Gasteiger partial charge on any atom is 0.264 e. The van der Waals surface area contributed by atoms with Gasteiger partial charge in [0.2, 0.25) is 0 Å². The highest BCUT2D eigenvalue weighted by atomic mass is 35.5. The summed E-state index contributed by atoms with van der Waals surface area (Å²) in [6.45, 7) is -0.542. The summed E-state index contributed by atoms with van der Waals surface area (Å²) in [5.74, 6) is -0.666. The van der Waals surface area contributed by atoms with Crippen molar-refractivity contribution in [3.05, 3.63) is 94.0 Å². The van der Waals surface area contributed by atoms with Gasteiger partial charge in [-0.1, -0.05) is 53.5 Å². The number of nitriles is 1. The number of benzene rings is 3. The molecule has 0 spiro atoms. The molecule has 10 heteroatoms. The smallest absolute Gasteiger partial charge is 0.264 e. The van der Waals surface area contributed by atoms with Crippen molar-refractivity contribution in [1.29, 1.82) is 5.26 Å². The summed E-state index contributed by atoms with van der Waals surface area (Å²) in [6.07, 6.45) is 1.38. The van der Waals surface area contributed by atoms with Gasteiger partial charge in [-0.25, -0.2) is 13.8 Å². The first-order valence-electron chi connectivity index (χ1n) is 9.16. The summed E-state index contributed by atoms with van der Waals surface area (Å²) >= 11 is 12.0. The number of hydrogen-bond acceptors (Lipinski definition) is 5. The van der Waals surface area contributed by atoms with E-state index in [0.29, 0.717) is 11.1 Å². The van der Waals surface area contributed by atoms with Gasteiger partial charge in [-0.3, -0.25) is 9.10 Å². The fourth-order valence-corrected chi connectivity index (χ4v) is 4.39. The fraction of sp³-hybridized carbons (Fsp3) is 0.0455. The fourth-order valence-electron chi connectivity index (χ4n) is 2.66. The summed E-state index contributed by atoms with van der Waals surface area (Å²) in [5.41, 5.74) is 3.64. The monoisotopic (exact) mass is 486 g/mol. The second-order valence-electron chi connectivity index (χ2n) is 6.45. The Balaban J connectivity index is 1.83. The quantitative estimate of drug-likeness (QED) is 0.398. The maximum absolute atomic E-state index is 13.2. The number of anilines is 1. The average molecular weight is 487 g/mol. The van der Waals surface area contributed by atoms with E-state index >= 15 is 0 Å². The maximum atomic E-state index is 13.2. The Kier molecular flexibility index (Phi) is 7.49. The van der Waals surface area contributed by atoms with Gasteiger partial charge in [-0.2, -0.15) is 10.4 Å². The molecule has 0 atom stereocenters. The number of hydrogen-bond donors (Lipinski definition) is 1. The van der Waals surface area contributed by atoms with E-state index in [9.17, 15) is 13.2 Å². The predicted octanol–water partition coefficient (Wildman–Crippen LogP) is 4.21. The number of carbonyl (C=O) groups is 1. The third kappa shape index (κ3) is 5.65. The standard InChI is InChI=1S/C22H16Cl2N4O3S/c23-20-11-10-18(12-21(20)24)28(32(30,31)19-4-2-1-3-5-19)15-22(29)27-26-14-17-8-6-16(13-25)7-9-17/h1-12,14H,15H2,(H,27,29). The Morgan fingerprint density at radius 3 is 2.34 bits per heavy atom. The van der Waals surface area contributed by atoms with Gasteiger partial charge in [0.1, 0.15) is 6.54 Å². The molecule has 162 valence electrons. The summed E-state index contributed by atoms with van der Waals surface area (Å²) in [7, 11) is -4.08.